The quantitative estimate of drug-likeness (QED) is 0.551. The Labute approximate surface area is 88.6 Å². The van der Waals surface area contributed by atoms with Crippen LogP contribution in [0.5, 0.6) is 11.5 Å². The van der Waals surface area contributed by atoms with Crippen molar-refractivity contribution < 1.29 is 9.47 Å². The van der Waals surface area contributed by atoms with Crippen molar-refractivity contribution in [1.29, 1.82) is 5.26 Å². The van der Waals surface area contributed by atoms with Crippen LogP contribution in [0, 0.1) is 11.5 Å². The zero-order chi connectivity index (χ0) is 10.7. The summed E-state index contributed by atoms with van der Waals surface area (Å²) in [7, 11) is 1.77. The molecule has 0 aliphatic carbocycles. The van der Waals surface area contributed by atoms with Crippen LogP contribution in [0.25, 0.3) is 0 Å². The molecule has 4 nitrogen and oxygen atoms in total. The number of ether oxygens (including phenoxy) is 2. The molecule has 15 heavy (non-hydrogen) atoms. The minimum Gasteiger partial charge on any atom is -0.454 e. The predicted octanol–water partition coefficient (Wildman–Crippen LogP) is 1.37. The number of rotatable bonds is 3. The topological polar surface area (TPSA) is 45.5 Å². The van der Waals surface area contributed by atoms with Gasteiger partial charge in [-0.3, -0.25) is 0 Å². The molecule has 1 aliphatic rings. The van der Waals surface area contributed by atoms with Crippen LogP contribution >= 0.6 is 0 Å². The fourth-order valence-electron chi connectivity index (χ4n) is 1.44. The van der Waals surface area contributed by atoms with Crippen LogP contribution in [0.15, 0.2) is 18.2 Å². The van der Waals surface area contributed by atoms with Gasteiger partial charge in [0.05, 0.1) is 0 Å². The van der Waals surface area contributed by atoms with Gasteiger partial charge >= 0.3 is 0 Å². The zero-order valence-electron chi connectivity index (χ0n) is 8.56. The Morgan fingerprint density at radius 1 is 1.40 bits per heavy atom. The maximum absolute atomic E-state index is 8.60. The second-order valence-corrected chi connectivity index (χ2v) is 3.46. The zero-order valence-corrected chi connectivity index (χ0v) is 8.56. The summed E-state index contributed by atoms with van der Waals surface area (Å²) in [5, 5.41) is 8.60. The van der Waals surface area contributed by atoms with Gasteiger partial charge in [-0.1, -0.05) is 6.07 Å². The first kappa shape index (κ1) is 9.66. The van der Waals surface area contributed by atoms with Gasteiger partial charge < -0.3 is 14.4 Å². The van der Waals surface area contributed by atoms with Crippen molar-refractivity contribution in [3.05, 3.63) is 23.8 Å². The Bertz CT molecular complexity index is 398. The van der Waals surface area contributed by atoms with E-state index in [0.717, 1.165) is 30.0 Å². The lowest BCUT2D eigenvalue weighted by Crippen LogP contribution is -2.14. The second-order valence-electron chi connectivity index (χ2n) is 3.46. The number of benzene rings is 1. The molecule has 2 rings (SSSR count). The van der Waals surface area contributed by atoms with Gasteiger partial charge in [-0.15, -0.1) is 0 Å². The highest BCUT2D eigenvalue weighted by Gasteiger charge is 2.12. The monoisotopic (exact) mass is 204 g/mol. The van der Waals surface area contributed by atoms with E-state index in [0.29, 0.717) is 6.79 Å². The molecule has 1 aliphatic heterocycles. The second kappa shape index (κ2) is 4.09. The Morgan fingerprint density at radius 3 is 3.00 bits per heavy atom. The Balaban J connectivity index is 2.01. The molecule has 0 fully saturated rings. The summed E-state index contributed by atoms with van der Waals surface area (Å²) in [6.07, 6.45) is 2.90. The normalized spacial score (nSPS) is 12.3. The third-order valence-electron chi connectivity index (χ3n) is 2.34. The van der Waals surface area contributed by atoms with Gasteiger partial charge in [0, 0.05) is 13.6 Å². The Kier molecular flexibility index (Phi) is 2.64. The van der Waals surface area contributed by atoms with Gasteiger partial charge in [0.1, 0.15) is 0 Å². The third-order valence-corrected chi connectivity index (χ3v) is 2.34. The smallest absolute Gasteiger partial charge is 0.231 e. The van der Waals surface area contributed by atoms with Crippen molar-refractivity contribution in [1.82, 2.24) is 4.90 Å². The molecule has 0 spiro atoms. The van der Waals surface area contributed by atoms with E-state index in [9.17, 15) is 0 Å². The van der Waals surface area contributed by atoms with Gasteiger partial charge in [-0.2, -0.15) is 5.26 Å². The van der Waals surface area contributed by atoms with Crippen molar-refractivity contribution >= 4 is 0 Å². The number of nitriles is 1. The minimum atomic E-state index is 0.302. The molecular formula is C11H12N2O2. The molecule has 1 heterocycles. The average molecular weight is 204 g/mol. The molecule has 0 saturated heterocycles. The van der Waals surface area contributed by atoms with E-state index in [1.165, 1.54) is 0 Å². The van der Waals surface area contributed by atoms with E-state index >= 15 is 0 Å². The van der Waals surface area contributed by atoms with Crippen LogP contribution in [0.4, 0.5) is 0 Å². The molecule has 0 radical (unpaired) electrons. The van der Waals surface area contributed by atoms with Gasteiger partial charge in [-0.05, 0) is 24.1 Å². The number of nitrogens with zero attached hydrogens (tertiary/aromatic N) is 2. The third kappa shape index (κ3) is 2.13. The van der Waals surface area contributed by atoms with Crippen molar-refractivity contribution in [2.45, 2.75) is 6.42 Å². The van der Waals surface area contributed by atoms with Crippen molar-refractivity contribution in [3.8, 4) is 17.7 Å². The van der Waals surface area contributed by atoms with Crippen molar-refractivity contribution in [2.24, 2.45) is 0 Å². The molecule has 0 N–H and O–H groups in total. The van der Waals surface area contributed by atoms with Crippen LogP contribution in [0.1, 0.15) is 5.56 Å². The highest BCUT2D eigenvalue weighted by molar-refractivity contribution is 5.44. The molecule has 0 bridgehead atoms. The van der Waals surface area contributed by atoms with Gasteiger partial charge in [0.2, 0.25) is 6.79 Å². The maximum Gasteiger partial charge on any atom is 0.231 e. The molecule has 78 valence electrons. The SMILES string of the molecule is CN(C#N)CCc1ccc2c(c1)OCO2. The largest absolute Gasteiger partial charge is 0.454 e. The average Bonchev–Trinajstić information content (AvgIpc) is 2.72. The standard InChI is InChI=1S/C11H12N2O2/c1-13(7-12)5-4-9-2-3-10-11(6-9)15-8-14-10/h2-3,6H,4-5,8H2,1H3. The molecule has 1 aromatic rings. The lowest BCUT2D eigenvalue weighted by molar-refractivity contribution is 0.174. The minimum absolute atomic E-state index is 0.302. The molecule has 1 aromatic carbocycles. The van der Waals surface area contributed by atoms with E-state index < -0.39 is 0 Å². The summed E-state index contributed by atoms with van der Waals surface area (Å²) in [4.78, 5) is 1.60. The molecule has 0 aromatic heterocycles. The van der Waals surface area contributed by atoms with E-state index in [4.69, 9.17) is 14.7 Å². The highest BCUT2D eigenvalue weighted by Crippen LogP contribution is 2.32. The van der Waals surface area contributed by atoms with Crippen LogP contribution in [0.3, 0.4) is 0 Å². The lowest BCUT2D eigenvalue weighted by atomic mass is 10.1. The highest BCUT2D eigenvalue weighted by atomic mass is 16.7. The van der Waals surface area contributed by atoms with E-state index in [2.05, 4.69) is 6.19 Å². The molecule has 0 unspecified atom stereocenters. The molecular weight excluding hydrogens is 192 g/mol. The van der Waals surface area contributed by atoms with E-state index in [-0.39, 0.29) is 0 Å². The fourth-order valence-corrected chi connectivity index (χ4v) is 1.44. The van der Waals surface area contributed by atoms with Gasteiger partial charge in [0.15, 0.2) is 17.7 Å². The number of hydrogen-bond acceptors (Lipinski definition) is 4. The van der Waals surface area contributed by atoms with Crippen molar-refractivity contribution in [2.75, 3.05) is 20.4 Å². The van der Waals surface area contributed by atoms with Crippen molar-refractivity contribution in [3.63, 3.8) is 0 Å². The Morgan fingerprint density at radius 2 is 2.20 bits per heavy atom. The number of hydrogen-bond donors (Lipinski definition) is 0. The van der Waals surface area contributed by atoms with Crippen LogP contribution in [-0.2, 0) is 6.42 Å². The first-order valence-corrected chi connectivity index (χ1v) is 4.79. The molecule has 0 amide bonds. The van der Waals surface area contributed by atoms with Crippen LogP contribution < -0.4 is 9.47 Å². The summed E-state index contributed by atoms with van der Waals surface area (Å²) in [6.45, 7) is 1.02. The summed E-state index contributed by atoms with van der Waals surface area (Å²) in [6, 6.07) is 5.87. The van der Waals surface area contributed by atoms with E-state index in [1.54, 1.807) is 11.9 Å². The summed E-state index contributed by atoms with van der Waals surface area (Å²) in [5.74, 6) is 1.60. The fraction of sp³-hybridized carbons (Fsp3) is 0.364. The molecule has 0 atom stereocenters. The molecule has 0 saturated carbocycles. The number of likely N-dealkylation sites (N-methyl/N-ethyl adjacent to an activating group) is 1. The predicted molar refractivity (Wildman–Crippen MR) is 54.5 cm³/mol. The molecule has 4 heteroatoms. The first-order chi connectivity index (χ1) is 7.29. The maximum atomic E-state index is 8.60. The Hall–Kier alpha value is -1.89. The lowest BCUT2D eigenvalue weighted by Gasteiger charge is -2.08. The van der Waals surface area contributed by atoms with Crippen LogP contribution in [0.2, 0.25) is 0 Å². The van der Waals surface area contributed by atoms with Gasteiger partial charge in [0.25, 0.3) is 0 Å². The summed E-state index contributed by atoms with van der Waals surface area (Å²) >= 11 is 0. The van der Waals surface area contributed by atoms with E-state index in [1.807, 2.05) is 18.2 Å². The van der Waals surface area contributed by atoms with Gasteiger partial charge in [-0.25, -0.2) is 0 Å². The number of fused-ring (bicyclic) bond motifs is 1. The summed E-state index contributed by atoms with van der Waals surface area (Å²) in [5.41, 5.74) is 1.15. The summed E-state index contributed by atoms with van der Waals surface area (Å²) < 4.78 is 10.5. The first-order valence-electron chi connectivity index (χ1n) is 4.79. The van der Waals surface area contributed by atoms with Crippen LogP contribution in [-0.4, -0.2) is 25.3 Å².